The minimum Gasteiger partial charge on any atom is -0.481 e. The van der Waals surface area contributed by atoms with Crippen molar-refractivity contribution < 1.29 is 24.6 Å². The van der Waals surface area contributed by atoms with E-state index in [0.29, 0.717) is 16.1 Å². The molecule has 0 aliphatic heterocycles. The smallest absolute Gasteiger partial charge is 0.326 e. The highest BCUT2D eigenvalue weighted by Gasteiger charge is 2.21. The van der Waals surface area contributed by atoms with Crippen LogP contribution in [0.25, 0.3) is 0 Å². The van der Waals surface area contributed by atoms with E-state index in [2.05, 4.69) is 5.32 Å². The first kappa shape index (κ1) is 17.0. The second-order valence-electron chi connectivity index (χ2n) is 4.56. The van der Waals surface area contributed by atoms with Crippen molar-refractivity contribution in [3.63, 3.8) is 0 Å². The summed E-state index contributed by atoms with van der Waals surface area (Å²) in [6.07, 6.45) is 0.0734. The SMILES string of the molecule is Cc1c(Cl)cccc1C(=O)N[C@H](CCCC(=O)O)C(=O)O. The number of halogens is 1. The van der Waals surface area contributed by atoms with Crippen molar-refractivity contribution in [1.82, 2.24) is 5.32 Å². The van der Waals surface area contributed by atoms with E-state index in [9.17, 15) is 14.4 Å². The molecule has 0 aromatic heterocycles. The fourth-order valence-electron chi connectivity index (χ4n) is 1.80. The molecule has 7 heteroatoms. The number of aliphatic carboxylic acids is 2. The molecule has 0 aliphatic rings. The number of hydrogen-bond donors (Lipinski definition) is 3. The van der Waals surface area contributed by atoms with Crippen LogP contribution in [-0.2, 0) is 9.59 Å². The Hall–Kier alpha value is -2.08. The van der Waals surface area contributed by atoms with E-state index >= 15 is 0 Å². The molecule has 1 rings (SSSR count). The average Bonchev–Trinajstić information content (AvgIpc) is 2.40. The van der Waals surface area contributed by atoms with E-state index < -0.39 is 23.9 Å². The monoisotopic (exact) mass is 313 g/mol. The van der Waals surface area contributed by atoms with Crippen molar-refractivity contribution >= 4 is 29.4 Å². The van der Waals surface area contributed by atoms with Crippen molar-refractivity contribution in [2.75, 3.05) is 0 Å². The summed E-state index contributed by atoms with van der Waals surface area (Å²) in [7, 11) is 0. The third-order valence-electron chi connectivity index (χ3n) is 3.00. The summed E-state index contributed by atoms with van der Waals surface area (Å²) in [4.78, 5) is 33.6. The highest BCUT2D eigenvalue weighted by Crippen LogP contribution is 2.18. The molecule has 114 valence electrons. The molecule has 0 unspecified atom stereocenters. The second-order valence-corrected chi connectivity index (χ2v) is 4.97. The van der Waals surface area contributed by atoms with E-state index in [1.807, 2.05) is 0 Å². The summed E-state index contributed by atoms with van der Waals surface area (Å²) >= 11 is 5.91. The van der Waals surface area contributed by atoms with E-state index in [1.165, 1.54) is 0 Å². The number of carboxylic acid groups (broad SMARTS) is 2. The predicted molar refractivity (Wildman–Crippen MR) is 76.6 cm³/mol. The Morgan fingerprint density at radius 3 is 2.52 bits per heavy atom. The molecule has 0 fully saturated rings. The Kier molecular flexibility index (Phi) is 6.17. The Bertz CT molecular complexity index is 558. The fourth-order valence-corrected chi connectivity index (χ4v) is 1.98. The molecule has 1 aromatic carbocycles. The van der Waals surface area contributed by atoms with Crippen molar-refractivity contribution in [3.05, 3.63) is 34.3 Å². The van der Waals surface area contributed by atoms with E-state index in [1.54, 1.807) is 25.1 Å². The second kappa shape index (κ2) is 7.64. The van der Waals surface area contributed by atoms with E-state index in [-0.39, 0.29) is 19.3 Å². The molecule has 1 amide bonds. The fraction of sp³-hybridized carbons (Fsp3) is 0.357. The third kappa shape index (κ3) is 5.07. The van der Waals surface area contributed by atoms with Gasteiger partial charge in [0.25, 0.3) is 5.91 Å². The largest absolute Gasteiger partial charge is 0.481 e. The highest BCUT2D eigenvalue weighted by molar-refractivity contribution is 6.31. The van der Waals surface area contributed by atoms with Gasteiger partial charge in [-0.3, -0.25) is 9.59 Å². The number of amides is 1. The lowest BCUT2D eigenvalue weighted by Gasteiger charge is -2.15. The summed E-state index contributed by atoms with van der Waals surface area (Å²) in [6, 6.07) is 3.65. The lowest BCUT2D eigenvalue weighted by Crippen LogP contribution is -2.41. The third-order valence-corrected chi connectivity index (χ3v) is 3.41. The van der Waals surface area contributed by atoms with Crippen molar-refractivity contribution in [2.45, 2.75) is 32.2 Å². The molecule has 0 saturated heterocycles. The molecule has 0 spiro atoms. The Balaban J connectivity index is 2.74. The molecule has 0 radical (unpaired) electrons. The molecule has 0 bridgehead atoms. The maximum Gasteiger partial charge on any atom is 0.326 e. The number of carbonyl (C=O) groups is 3. The van der Waals surface area contributed by atoms with Gasteiger partial charge in [-0.25, -0.2) is 4.79 Å². The van der Waals surface area contributed by atoms with Crippen LogP contribution in [0.15, 0.2) is 18.2 Å². The molecule has 1 aromatic rings. The van der Waals surface area contributed by atoms with Gasteiger partial charge in [-0.05, 0) is 37.5 Å². The van der Waals surface area contributed by atoms with E-state index in [0.717, 1.165) is 0 Å². The van der Waals surface area contributed by atoms with Crippen LogP contribution in [-0.4, -0.2) is 34.1 Å². The van der Waals surface area contributed by atoms with Crippen LogP contribution < -0.4 is 5.32 Å². The number of rotatable bonds is 7. The zero-order valence-corrected chi connectivity index (χ0v) is 12.2. The first-order chi connectivity index (χ1) is 9.82. The lowest BCUT2D eigenvalue weighted by molar-refractivity contribution is -0.140. The van der Waals surface area contributed by atoms with Crippen LogP contribution in [0.4, 0.5) is 0 Å². The van der Waals surface area contributed by atoms with Crippen molar-refractivity contribution in [2.24, 2.45) is 0 Å². The van der Waals surface area contributed by atoms with Crippen LogP contribution in [0, 0.1) is 6.92 Å². The first-order valence-electron chi connectivity index (χ1n) is 6.33. The summed E-state index contributed by atoms with van der Waals surface area (Å²) in [5.41, 5.74) is 0.860. The molecule has 3 N–H and O–H groups in total. The number of benzene rings is 1. The van der Waals surface area contributed by atoms with Gasteiger partial charge in [0.05, 0.1) is 0 Å². The van der Waals surface area contributed by atoms with Crippen molar-refractivity contribution in [1.29, 1.82) is 0 Å². The molecular formula is C14H16ClNO5. The van der Waals surface area contributed by atoms with Crippen LogP contribution in [0.2, 0.25) is 5.02 Å². The Morgan fingerprint density at radius 2 is 1.95 bits per heavy atom. The normalized spacial score (nSPS) is 11.7. The summed E-state index contributed by atoms with van der Waals surface area (Å²) in [5.74, 6) is -2.75. The summed E-state index contributed by atoms with van der Waals surface area (Å²) in [5, 5.41) is 20.4. The van der Waals surface area contributed by atoms with Crippen LogP contribution >= 0.6 is 11.6 Å². The highest BCUT2D eigenvalue weighted by atomic mass is 35.5. The average molecular weight is 314 g/mol. The number of nitrogens with one attached hydrogen (secondary N) is 1. The van der Waals surface area contributed by atoms with Gasteiger partial charge < -0.3 is 15.5 Å². The quantitative estimate of drug-likeness (QED) is 0.715. The molecule has 21 heavy (non-hydrogen) atoms. The first-order valence-corrected chi connectivity index (χ1v) is 6.71. The van der Waals surface area contributed by atoms with Gasteiger partial charge in [-0.2, -0.15) is 0 Å². The minimum absolute atomic E-state index is 0.0486. The Labute approximate surface area is 126 Å². The van der Waals surface area contributed by atoms with Gasteiger partial charge in [-0.15, -0.1) is 0 Å². The standard InChI is InChI=1S/C14H16ClNO5/c1-8-9(4-2-5-10(8)15)13(19)16-11(14(20)21)6-3-7-12(17)18/h2,4-5,11H,3,6-7H2,1H3,(H,16,19)(H,17,18)(H,20,21)/t11-/m1/s1. The lowest BCUT2D eigenvalue weighted by atomic mass is 10.1. The van der Waals surface area contributed by atoms with E-state index in [4.69, 9.17) is 21.8 Å². The van der Waals surface area contributed by atoms with Gasteiger partial charge in [-0.1, -0.05) is 17.7 Å². The Morgan fingerprint density at radius 1 is 1.29 bits per heavy atom. The molecule has 0 aliphatic carbocycles. The summed E-state index contributed by atoms with van der Waals surface area (Å²) < 4.78 is 0. The molecule has 0 heterocycles. The topological polar surface area (TPSA) is 104 Å². The zero-order valence-electron chi connectivity index (χ0n) is 11.4. The number of hydrogen-bond acceptors (Lipinski definition) is 3. The van der Waals surface area contributed by atoms with Gasteiger partial charge >= 0.3 is 11.9 Å². The summed E-state index contributed by atoms with van der Waals surface area (Å²) in [6.45, 7) is 1.66. The van der Waals surface area contributed by atoms with Gasteiger partial charge in [0, 0.05) is 17.0 Å². The van der Waals surface area contributed by atoms with Crippen LogP contribution in [0.3, 0.4) is 0 Å². The van der Waals surface area contributed by atoms with Crippen LogP contribution in [0.5, 0.6) is 0 Å². The maximum absolute atomic E-state index is 12.1. The van der Waals surface area contributed by atoms with Gasteiger partial charge in [0.15, 0.2) is 0 Å². The molecule has 6 nitrogen and oxygen atoms in total. The zero-order chi connectivity index (χ0) is 16.0. The van der Waals surface area contributed by atoms with Gasteiger partial charge in [0.1, 0.15) is 6.04 Å². The van der Waals surface area contributed by atoms with Gasteiger partial charge in [0.2, 0.25) is 0 Å². The number of carbonyl (C=O) groups excluding carboxylic acids is 1. The number of carboxylic acids is 2. The molecule has 1 atom stereocenters. The molecule has 0 saturated carbocycles. The van der Waals surface area contributed by atoms with Crippen molar-refractivity contribution in [3.8, 4) is 0 Å². The predicted octanol–water partition coefficient (Wildman–Crippen LogP) is 2.09. The maximum atomic E-state index is 12.1. The molecular weight excluding hydrogens is 298 g/mol. The minimum atomic E-state index is -1.20. The van der Waals surface area contributed by atoms with Crippen LogP contribution in [0.1, 0.15) is 35.2 Å².